The fourth-order valence-electron chi connectivity index (χ4n) is 1.54. The summed E-state index contributed by atoms with van der Waals surface area (Å²) in [5.74, 6) is 5.97. The van der Waals surface area contributed by atoms with Gasteiger partial charge in [-0.2, -0.15) is 5.10 Å². The molecule has 0 aliphatic rings. The molecule has 0 atom stereocenters. The molecule has 0 saturated carbocycles. The average molecular weight is 250 g/mol. The molecule has 2 aromatic rings. The van der Waals surface area contributed by atoms with Gasteiger partial charge in [-0.3, -0.25) is 14.9 Å². The van der Waals surface area contributed by atoms with Crippen LogP contribution < -0.4 is 16.0 Å². The molecule has 0 saturated heterocycles. The molecule has 7 heteroatoms. The van der Waals surface area contributed by atoms with E-state index in [1.807, 2.05) is 5.43 Å². The minimum Gasteiger partial charge on any atom is -0.482 e. The zero-order chi connectivity index (χ0) is 13.1. The lowest BCUT2D eigenvalue weighted by molar-refractivity contribution is 0.0921. The van der Waals surface area contributed by atoms with Gasteiger partial charge in [0.25, 0.3) is 0 Å². The van der Waals surface area contributed by atoms with Gasteiger partial charge >= 0.3 is 5.91 Å². The lowest BCUT2D eigenvalue weighted by Crippen LogP contribution is -2.30. The number of nitrogens with zero attached hydrogens (tertiary/aromatic N) is 2. The average Bonchev–Trinajstić information content (AvgIpc) is 2.92. The predicted molar refractivity (Wildman–Crippen MR) is 62.6 cm³/mol. The van der Waals surface area contributed by atoms with Crippen LogP contribution >= 0.6 is 0 Å². The Labute approximate surface area is 103 Å². The highest BCUT2D eigenvalue weighted by Crippen LogP contribution is 2.17. The first-order chi connectivity index (χ1) is 8.60. The van der Waals surface area contributed by atoms with Crippen molar-refractivity contribution in [1.82, 2.24) is 15.2 Å². The van der Waals surface area contributed by atoms with Gasteiger partial charge in [-0.1, -0.05) is 0 Å². The zero-order valence-electron chi connectivity index (χ0n) is 10.1. The molecular weight excluding hydrogens is 236 g/mol. The largest absolute Gasteiger partial charge is 0.482 e. The first kappa shape index (κ1) is 12.2. The number of hydrogen-bond donors (Lipinski definition) is 2. The van der Waals surface area contributed by atoms with Gasteiger partial charge in [0.1, 0.15) is 12.4 Å². The molecule has 0 aromatic carbocycles. The molecule has 2 aromatic heterocycles. The smallest absolute Gasteiger partial charge is 0.301 e. The summed E-state index contributed by atoms with van der Waals surface area (Å²) in [5.41, 5.74) is 2.74. The van der Waals surface area contributed by atoms with E-state index in [0.29, 0.717) is 17.1 Å². The van der Waals surface area contributed by atoms with E-state index >= 15 is 0 Å². The summed E-state index contributed by atoms with van der Waals surface area (Å²) in [4.78, 5) is 11.3. The van der Waals surface area contributed by atoms with E-state index in [9.17, 15) is 4.79 Å². The predicted octanol–water partition coefficient (Wildman–Crippen LogP) is 0.504. The highest BCUT2D eigenvalue weighted by atomic mass is 16.5. The lowest BCUT2D eigenvalue weighted by atomic mass is 10.2. The highest BCUT2D eigenvalue weighted by Gasteiger charge is 2.14. The van der Waals surface area contributed by atoms with Gasteiger partial charge in [0.2, 0.25) is 0 Å². The fourth-order valence-corrected chi connectivity index (χ4v) is 1.54. The number of aryl methyl sites for hydroxylation is 2. The van der Waals surface area contributed by atoms with Crippen LogP contribution in [0.2, 0.25) is 0 Å². The normalized spacial score (nSPS) is 10.4. The number of nitrogen functional groups attached to an aromatic ring is 1. The van der Waals surface area contributed by atoms with Gasteiger partial charge in [0.15, 0.2) is 11.5 Å². The van der Waals surface area contributed by atoms with Crippen LogP contribution in [0.5, 0.6) is 5.75 Å². The van der Waals surface area contributed by atoms with Gasteiger partial charge in [-0.15, -0.1) is 0 Å². The Hall–Kier alpha value is -2.28. The molecule has 0 spiro atoms. The van der Waals surface area contributed by atoms with Crippen molar-refractivity contribution in [1.29, 1.82) is 0 Å². The van der Waals surface area contributed by atoms with Crippen molar-refractivity contribution in [2.45, 2.75) is 13.5 Å². The molecule has 3 N–H and O–H groups in total. The molecule has 18 heavy (non-hydrogen) atoms. The van der Waals surface area contributed by atoms with E-state index in [2.05, 4.69) is 5.10 Å². The van der Waals surface area contributed by atoms with Crippen LogP contribution in [0.3, 0.4) is 0 Å². The number of nitrogens with two attached hydrogens (primary N) is 1. The van der Waals surface area contributed by atoms with Gasteiger partial charge in [-0.25, -0.2) is 5.84 Å². The Kier molecular flexibility index (Phi) is 3.33. The van der Waals surface area contributed by atoms with Gasteiger partial charge < -0.3 is 9.15 Å². The number of hydrazine groups is 1. The monoisotopic (exact) mass is 250 g/mol. The molecule has 0 unspecified atom stereocenters. The Morgan fingerprint density at radius 1 is 1.67 bits per heavy atom. The van der Waals surface area contributed by atoms with Crippen molar-refractivity contribution in [2.75, 3.05) is 0 Å². The number of aromatic nitrogens is 2. The second-order valence-corrected chi connectivity index (χ2v) is 3.84. The third-order valence-electron chi connectivity index (χ3n) is 2.37. The summed E-state index contributed by atoms with van der Waals surface area (Å²) < 4.78 is 12.4. The summed E-state index contributed by atoms with van der Waals surface area (Å²) in [6.07, 6.45) is 3.34. The summed E-state index contributed by atoms with van der Waals surface area (Å²) in [5, 5.41) is 3.97. The molecule has 0 fully saturated rings. The molecule has 0 bridgehead atoms. The third-order valence-corrected chi connectivity index (χ3v) is 2.37. The standard InChI is InChI=1S/C11H14N4O3/c1-7-3-8(18-10(7)11(16)14-12)6-17-9-4-13-15(2)5-9/h3-5H,6,12H2,1-2H3,(H,14,16). The Morgan fingerprint density at radius 2 is 2.44 bits per heavy atom. The van der Waals surface area contributed by atoms with Crippen LogP contribution in [0.25, 0.3) is 0 Å². The molecule has 0 aliphatic heterocycles. The Bertz CT molecular complexity index is 558. The maximum atomic E-state index is 11.3. The molecule has 0 aliphatic carbocycles. The summed E-state index contributed by atoms with van der Waals surface area (Å²) >= 11 is 0. The molecule has 0 radical (unpaired) electrons. The van der Waals surface area contributed by atoms with E-state index in [1.54, 1.807) is 37.1 Å². The second-order valence-electron chi connectivity index (χ2n) is 3.84. The van der Waals surface area contributed by atoms with E-state index in [4.69, 9.17) is 15.0 Å². The first-order valence-electron chi connectivity index (χ1n) is 5.32. The fraction of sp³-hybridized carbons (Fsp3) is 0.273. The minimum absolute atomic E-state index is 0.197. The maximum Gasteiger partial charge on any atom is 0.301 e. The van der Waals surface area contributed by atoms with E-state index in [-0.39, 0.29) is 12.4 Å². The first-order valence-corrected chi connectivity index (χ1v) is 5.32. The van der Waals surface area contributed by atoms with E-state index in [0.717, 1.165) is 0 Å². The maximum absolute atomic E-state index is 11.3. The van der Waals surface area contributed by atoms with Crippen molar-refractivity contribution in [3.8, 4) is 5.75 Å². The zero-order valence-corrected chi connectivity index (χ0v) is 10.1. The number of amides is 1. The quantitative estimate of drug-likeness (QED) is 0.468. The van der Waals surface area contributed by atoms with Crippen LogP contribution in [-0.4, -0.2) is 15.7 Å². The topological polar surface area (TPSA) is 95.3 Å². The summed E-state index contributed by atoms with van der Waals surface area (Å²) in [6, 6.07) is 1.74. The number of rotatable bonds is 4. The molecule has 1 amide bonds. The lowest BCUT2D eigenvalue weighted by Gasteiger charge is -1.99. The number of carbonyl (C=O) groups excluding carboxylic acids is 1. The molecule has 2 rings (SSSR count). The second kappa shape index (κ2) is 4.92. The van der Waals surface area contributed by atoms with Crippen LogP contribution in [-0.2, 0) is 13.7 Å². The third kappa shape index (κ3) is 2.51. The Balaban J connectivity index is 2.04. The summed E-state index contributed by atoms with van der Waals surface area (Å²) in [6.45, 7) is 1.99. The van der Waals surface area contributed by atoms with Gasteiger partial charge in [0, 0.05) is 12.6 Å². The van der Waals surface area contributed by atoms with Crippen molar-refractivity contribution in [3.63, 3.8) is 0 Å². The van der Waals surface area contributed by atoms with E-state index in [1.165, 1.54) is 0 Å². The number of ether oxygens (including phenoxy) is 1. The van der Waals surface area contributed by atoms with Crippen LogP contribution in [0.4, 0.5) is 0 Å². The van der Waals surface area contributed by atoms with E-state index < -0.39 is 5.91 Å². The van der Waals surface area contributed by atoms with Crippen LogP contribution in [0, 0.1) is 6.92 Å². The van der Waals surface area contributed by atoms with Gasteiger partial charge in [-0.05, 0) is 13.0 Å². The van der Waals surface area contributed by atoms with Crippen molar-refractivity contribution in [2.24, 2.45) is 12.9 Å². The van der Waals surface area contributed by atoms with Crippen molar-refractivity contribution < 1.29 is 13.9 Å². The Morgan fingerprint density at radius 3 is 3.06 bits per heavy atom. The number of furan rings is 1. The molecule has 7 nitrogen and oxygen atoms in total. The number of nitrogens with one attached hydrogen (secondary N) is 1. The minimum atomic E-state index is -0.458. The number of carbonyl (C=O) groups is 1. The molecule has 96 valence electrons. The SMILES string of the molecule is Cc1cc(COc2cnn(C)c2)oc1C(=O)NN. The number of hydrogen-bond acceptors (Lipinski definition) is 5. The van der Waals surface area contributed by atoms with Gasteiger partial charge in [0.05, 0.1) is 12.4 Å². The molecular formula is C11H14N4O3. The van der Waals surface area contributed by atoms with Crippen LogP contribution in [0.15, 0.2) is 22.9 Å². The van der Waals surface area contributed by atoms with Crippen LogP contribution in [0.1, 0.15) is 21.9 Å². The van der Waals surface area contributed by atoms with Crippen molar-refractivity contribution >= 4 is 5.91 Å². The highest BCUT2D eigenvalue weighted by molar-refractivity contribution is 5.92. The van der Waals surface area contributed by atoms with Crippen molar-refractivity contribution in [3.05, 3.63) is 35.5 Å². The molecule has 2 heterocycles. The summed E-state index contributed by atoms with van der Waals surface area (Å²) in [7, 11) is 1.80.